The second kappa shape index (κ2) is 2.60. The highest BCUT2D eigenvalue weighted by Crippen LogP contribution is 2.11. The van der Waals surface area contributed by atoms with Gasteiger partial charge in [0.1, 0.15) is 0 Å². The Bertz CT molecular complexity index is 253. The lowest BCUT2D eigenvalue weighted by Gasteiger charge is -1.94. The summed E-state index contributed by atoms with van der Waals surface area (Å²) in [6, 6.07) is 3.98. The van der Waals surface area contributed by atoms with Crippen LogP contribution in [-0.2, 0) is 0 Å². The van der Waals surface area contributed by atoms with Gasteiger partial charge < -0.3 is 0 Å². The zero-order valence-corrected chi connectivity index (χ0v) is 5.27. The predicted octanol–water partition coefficient (Wildman–Crippen LogP) is 2.61. The first-order chi connectivity index (χ1) is 4.75. The van der Waals surface area contributed by atoms with Gasteiger partial charge in [0.15, 0.2) is 11.6 Å². The minimum atomic E-state index is -0.836. The summed E-state index contributed by atoms with van der Waals surface area (Å²) in [5.74, 6) is -1.67. The second-order valence-electron chi connectivity index (χ2n) is 1.85. The highest BCUT2D eigenvalue weighted by Gasteiger charge is 2.02. The van der Waals surface area contributed by atoms with E-state index in [4.69, 9.17) is 0 Å². The van der Waals surface area contributed by atoms with Gasteiger partial charge >= 0.3 is 0 Å². The minimum absolute atomic E-state index is 0.194. The Balaban J connectivity index is 3.27. The van der Waals surface area contributed by atoms with E-state index in [1.165, 1.54) is 18.2 Å². The molecule has 0 amide bonds. The molecule has 1 aromatic carbocycles. The van der Waals surface area contributed by atoms with Crippen molar-refractivity contribution in [2.24, 2.45) is 0 Å². The number of halogens is 2. The molecular formula is C8H6F2. The van der Waals surface area contributed by atoms with Gasteiger partial charge in [0.2, 0.25) is 0 Å². The van der Waals surface area contributed by atoms with Crippen LogP contribution < -0.4 is 0 Å². The Morgan fingerprint density at radius 3 is 2.50 bits per heavy atom. The summed E-state index contributed by atoms with van der Waals surface area (Å²) in [7, 11) is 0. The molecule has 1 aromatic rings. The molecule has 52 valence electrons. The fourth-order valence-corrected chi connectivity index (χ4v) is 0.678. The summed E-state index contributed by atoms with van der Waals surface area (Å²) >= 11 is 0. The second-order valence-corrected chi connectivity index (χ2v) is 1.85. The van der Waals surface area contributed by atoms with E-state index >= 15 is 0 Å². The summed E-state index contributed by atoms with van der Waals surface area (Å²) in [6.07, 6.45) is 1.28. The monoisotopic (exact) mass is 140 g/mol. The van der Waals surface area contributed by atoms with Crippen LogP contribution in [-0.4, -0.2) is 0 Å². The molecule has 0 spiro atoms. The molecule has 0 N–H and O–H groups in total. The van der Waals surface area contributed by atoms with E-state index < -0.39 is 11.6 Å². The minimum Gasteiger partial charge on any atom is -0.204 e. The van der Waals surface area contributed by atoms with Crippen molar-refractivity contribution in [2.45, 2.75) is 0 Å². The summed E-state index contributed by atoms with van der Waals surface area (Å²) < 4.78 is 24.9. The van der Waals surface area contributed by atoms with Crippen LogP contribution in [0.5, 0.6) is 0 Å². The maximum absolute atomic E-state index is 12.6. The van der Waals surface area contributed by atoms with Crippen LogP contribution in [0.1, 0.15) is 5.56 Å². The molecule has 0 saturated heterocycles. The first kappa shape index (κ1) is 6.93. The lowest BCUT2D eigenvalue weighted by atomic mass is 10.2. The van der Waals surface area contributed by atoms with Gasteiger partial charge in [0, 0.05) is 5.56 Å². The maximum atomic E-state index is 12.6. The molecule has 0 aliphatic heterocycles. The molecular weight excluding hydrogens is 134 g/mol. The van der Waals surface area contributed by atoms with Crippen LogP contribution in [0.15, 0.2) is 24.8 Å². The topological polar surface area (TPSA) is 0 Å². The van der Waals surface area contributed by atoms with Crippen molar-refractivity contribution in [3.63, 3.8) is 0 Å². The fourth-order valence-electron chi connectivity index (χ4n) is 0.678. The average Bonchev–Trinajstić information content (AvgIpc) is 1.95. The van der Waals surface area contributed by atoms with Gasteiger partial charge in [-0.05, 0) is 6.07 Å². The van der Waals surface area contributed by atoms with E-state index in [1.807, 2.05) is 0 Å². The van der Waals surface area contributed by atoms with Gasteiger partial charge in [-0.1, -0.05) is 24.8 Å². The molecule has 0 radical (unpaired) electrons. The van der Waals surface area contributed by atoms with Crippen LogP contribution in [0.4, 0.5) is 8.78 Å². The first-order valence-electron chi connectivity index (χ1n) is 2.82. The Morgan fingerprint density at radius 2 is 2.00 bits per heavy atom. The molecule has 0 aromatic heterocycles. The van der Waals surface area contributed by atoms with Crippen molar-refractivity contribution in [1.82, 2.24) is 0 Å². The van der Waals surface area contributed by atoms with Gasteiger partial charge in [-0.15, -0.1) is 0 Å². The molecule has 0 bridgehead atoms. The molecule has 0 fully saturated rings. The molecule has 0 atom stereocenters. The lowest BCUT2D eigenvalue weighted by Crippen LogP contribution is -1.85. The maximum Gasteiger partial charge on any atom is 0.166 e. The third-order valence-corrected chi connectivity index (χ3v) is 1.20. The molecule has 0 aliphatic rings. The Labute approximate surface area is 57.8 Å². The number of benzene rings is 1. The molecule has 0 heterocycles. The highest BCUT2D eigenvalue weighted by atomic mass is 19.2. The molecule has 0 unspecified atom stereocenters. The summed E-state index contributed by atoms with van der Waals surface area (Å²) in [5.41, 5.74) is 0.194. The third-order valence-electron chi connectivity index (χ3n) is 1.20. The van der Waals surface area contributed by atoms with Gasteiger partial charge in [-0.2, -0.15) is 0 Å². The summed E-state index contributed by atoms with van der Waals surface area (Å²) in [6.45, 7) is 3.33. The number of hydrogen-bond donors (Lipinski definition) is 0. The first-order valence-corrected chi connectivity index (χ1v) is 2.82. The van der Waals surface area contributed by atoms with Crippen LogP contribution >= 0.6 is 0 Å². The van der Waals surface area contributed by atoms with E-state index in [0.717, 1.165) is 6.07 Å². The molecule has 2 heteroatoms. The van der Waals surface area contributed by atoms with Crippen molar-refractivity contribution < 1.29 is 8.78 Å². The van der Waals surface area contributed by atoms with Crippen molar-refractivity contribution in [2.75, 3.05) is 0 Å². The van der Waals surface area contributed by atoms with Gasteiger partial charge in [0.05, 0.1) is 0 Å². The van der Waals surface area contributed by atoms with Crippen molar-refractivity contribution in [3.05, 3.63) is 42.0 Å². The SMILES string of the molecule is C=Cc1cccc(F)c1F. The van der Waals surface area contributed by atoms with E-state index in [-0.39, 0.29) is 5.56 Å². The molecule has 0 aliphatic carbocycles. The Hall–Kier alpha value is -1.18. The van der Waals surface area contributed by atoms with E-state index in [2.05, 4.69) is 6.58 Å². The molecule has 10 heavy (non-hydrogen) atoms. The molecule has 0 saturated carbocycles. The van der Waals surface area contributed by atoms with Crippen LogP contribution in [0.2, 0.25) is 0 Å². The Morgan fingerprint density at radius 1 is 1.30 bits per heavy atom. The average molecular weight is 140 g/mol. The fraction of sp³-hybridized carbons (Fsp3) is 0. The predicted molar refractivity (Wildman–Crippen MR) is 36.4 cm³/mol. The van der Waals surface area contributed by atoms with Crippen molar-refractivity contribution in [3.8, 4) is 0 Å². The smallest absolute Gasteiger partial charge is 0.166 e. The molecule has 0 nitrogen and oxygen atoms in total. The largest absolute Gasteiger partial charge is 0.204 e. The molecule has 1 rings (SSSR count). The van der Waals surface area contributed by atoms with Crippen molar-refractivity contribution in [1.29, 1.82) is 0 Å². The quantitative estimate of drug-likeness (QED) is 0.562. The third kappa shape index (κ3) is 1.05. The zero-order chi connectivity index (χ0) is 7.56. The number of rotatable bonds is 1. The van der Waals surface area contributed by atoms with E-state index in [1.54, 1.807) is 0 Å². The van der Waals surface area contributed by atoms with Crippen LogP contribution in [0.3, 0.4) is 0 Å². The highest BCUT2D eigenvalue weighted by molar-refractivity contribution is 5.47. The zero-order valence-electron chi connectivity index (χ0n) is 5.27. The van der Waals surface area contributed by atoms with Gasteiger partial charge in [0.25, 0.3) is 0 Å². The van der Waals surface area contributed by atoms with Crippen LogP contribution in [0, 0.1) is 11.6 Å². The van der Waals surface area contributed by atoms with E-state index in [9.17, 15) is 8.78 Å². The van der Waals surface area contributed by atoms with Gasteiger partial charge in [-0.25, -0.2) is 8.78 Å². The summed E-state index contributed by atoms with van der Waals surface area (Å²) in [4.78, 5) is 0. The normalized spacial score (nSPS) is 9.40. The summed E-state index contributed by atoms with van der Waals surface area (Å²) in [5, 5.41) is 0. The van der Waals surface area contributed by atoms with E-state index in [0.29, 0.717) is 0 Å². The standard InChI is InChI=1S/C8H6F2/c1-2-6-4-3-5-7(9)8(6)10/h2-5H,1H2. The van der Waals surface area contributed by atoms with Gasteiger partial charge in [-0.3, -0.25) is 0 Å². The van der Waals surface area contributed by atoms with Crippen molar-refractivity contribution >= 4 is 6.08 Å². The van der Waals surface area contributed by atoms with Crippen LogP contribution in [0.25, 0.3) is 6.08 Å². The Kier molecular flexibility index (Phi) is 1.81. The number of hydrogen-bond acceptors (Lipinski definition) is 0. The lowest BCUT2D eigenvalue weighted by molar-refractivity contribution is 0.507.